The Morgan fingerprint density at radius 2 is 2.05 bits per heavy atom. The lowest BCUT2D eigenvalue weighted by atomic mass is 9.96. The van der Waals surface area contributed by atoms with E-state index >= 15 is 0 Å². The molecule has 1 aromatic heterocycles. The van der Waals surface area contributed by atoms with E-state index in [0.717, 1.165) is 50.0 Å². The van der Waals surface area contributed by atoms with Gasteiger partial charge in [0.05, 0.1) is 0 Å². The van der Waals surface area contributed by atoms with Crippen molar-refractivity contribution in [3.63, 3.8) is 0 Å². The maximum absolute atomic E-state index is 12.5. The quantitative estimate of drug-likeness (QED) is 0.939. The number of amides is 1. The molecule has 1 aromatic carbocycles. The molecule has 120 valence electrons. The fourth-order valence-corrected chi connectivity index (χ4v) is 2.93. The van der Waals surface area contributed by atoms with Gasteiger partial charge in [-0.2, -0.15) is 0 Å². The summed E-state index contributed by atoms with van der Waals surface area (Å²) in [5.74, 6) is 1.17. The van der Waals surface area contributed by atoms with Crippen LogP contribution in [0.4, 0.5) is 0 Å². The second kappa shape index (κ2) is 7.65. The van der Waals surface area contributed by atoms with E-state index in [-0.39, 0.29) is 18.3 Å². The van der Waals surface area contributed by atoms with Crippen molar-refractivity contribution >= 4 is 29.3 Å². The summed E-state index contributed by atoms with van der Waals surface area (Å²) in [5, 5.41) is 4.38. The first-order chi connectivity index (χ1) is 10.3. The number of hydrogen-bond donors (Lipinski definition) is 1. The number of nitrogens with zero attached hydrogens (tertiary/aromatic N) is 1. The molecular weight excluding hydrogens is 300 g/mol. The van der Waals surface area contributed by atoms with E-state index in [1.165, 1.54) is 0 Å². The monoisotopic (exact) mass is 322 g/mol. The van der Waals surface area contributed by atoms with E-state index in [4.69, 9.17) is 4.42 Å². The third-order valence-corrected chi connectivity index (χ3v) is 4.22. The summed E-state index contributed by atoms with van der Waals surface area (Å²) >= 11 is 0. The third kappa shape index (κ3) is 3.62. The highest BCUT2D eigenvalue weighted by Gasteiger charge is 2.25. The van der Waals surface area contributed by atoms with Crippen LogP contribution in [0.3, 0.4) is 0 Å². The van der Waals surface area contributed by atoms with Crippen molar-refractivity contribution in [2.75, 3.05) is 26.2 Å². The van der Waals surface area contributed by atoms with Gasteiger partial charge in [0.15, 0.2) is 5.76 Å². The Morgan fingerprint density at radius 3 is 2.73 bits per heavy atom. The highest BCUT2D eigenvalue weighted by atomic mass is 35.5. The largest absolute Gasteiger partial charge is 0.451 e. The van der Waals surface area contributed by atoms with Gasteiger partial charge in [-0.3, -0.25) is 4.79 Å². The average Bonchev–Trinajstić information content (AvgIpc) is 2.96. The minimum Gasteiger partial charge on any atom is -0.451 e. The minimum atomic E-state index is 0. The second-order valence-corrected chi connectivity index (χ2v) is 5.69. The Labute approximate surface area is 137 Å². The fraction of sp³-hybridized carbons (Fsp3) is 0.471. The van der Waals surface area contributed by atoms with E-state index in [1.54, 1.807) is 0 Å². The van der Waals surface area contributed by atoms with Gasteiger partial charge < -0.3 is 14.6 Å². The van der Waals surface area contributed by atoms with E-state index in [9.17, 15) is 4.79 Å². The van der Waals surface area contributed by atoms with Crippen LogP contribution >= 0.6 is 12.4 Å². The number of halogens is 1. The Bertz CT molecular complexity index is 585. The van der Waals surface area contributed by atoms with Gasteiger partial charge in [0, 0.05) is 18.5 Å². The summed E-state index contributed by atoms with van der Waals surface area (Å²) in [6, 6.07) is 9.60. The molecule has 22 heavy (non-hydrogen) atoms. The molecule has 1 amide bonds. The topological polar surface area (TPSA) is 45.5 Å². The lowest BCUT2D eigenvalue weighted by molar-refractivity contribution is 0.0660. The summed E-state index contributed by atoms with van der Waals surface area (Å²) in [5.41, 5.74) is 0.780. The molecule has 0 spiro atoms. The zero-order valence-electron chi connectivity index (χ0n) is 12.9. The number of piperidine rings is 1. The first-order valence-corrected chi connectivity index (χ1v) is 7.76. The van der Waals surface area contributed by atoms with Gasteiger partial charge in [-0.1, -0.05) is 25.1 Å². The Hall–Kier alpha value is -1.52. The SMILES string of the molecule is CCNCC1CCN(C(=O)c2cc3ccccc3o2)CC1.Cl. The Kier molecular flexibility index (Phi) is 5.86. The van der Waals surface area contributed by atoms with Gasteiger partial charge in [0.1, 0.15) is 5.58 Å². The van der Waals surface area contributed by atoms with Crippen LogP contribution < -0.4 is 5.32 Å². The molecule has 3 rings (SSSR count). The first kappa shape index (κ1) is 16.8. The van der Waals surface area contributed by atoms with Gasteiger partial charge in [-0.25, -0.2) is 0 Å². The van der Waals surface area contributed by atoms with E-state index in [1.807, 2.05) is 35.2 Å². The van der Waals surface area contributed by atoms with Gasteiger partial charge in [0.25, 0.3) is 5.91 Å². The molecule has 2 aromatic rings. The van der Waals surface area contributed by atoms with Crippen LogP contribution in [0, 0.1) is 5.92 Å². The minimum absolute atomic E-state index is 0. The number of furan rings is 1. The molecule has 0 saturated carbocycles. The molecule has 0 radical (unpaired) electrons. The highest BCUT2D eigenvalue weighted by Crippen LogP contribution is 2.23. The maximum Gasteiger partial charge on any atom is 0.289 e. The molecule has 1 saturated heterocycles. The van der Waals surface area contributed by atoms with Crippen molar-refractivity contribution < 1.29 is 9.21 Å². The van der Waals surface area contributed by atoms with Crippen molar-refractivity contribution in [3.8, 4) is 0 Å². The standard InChI is InChI=1S/C17H22N2O2.ClH/c1-2-18-12-13-7-9-19(10-8-13)17(20)16-11-14-5-3-4-6-15(14)21-16;/h3-6,11,13,18H,2,7-10,12H2,1H3;1H. The van der Waals surface area contributed by atoms with Crippen LogP contribution in [0.2, 0.25) is 0 Å². The van der Waals surface area contributed by atoms with Gasteiger partial charge in [0.2, 0.25) is 0 Å². The van der Waals surface area contributed by atoms with Crippen molar-refractivity contribution in [2.45, 2.75) is 19.8 Å². The molecule has 2 heterocycles. The molecule has 0 atom stereocenters. The fourth-order valence-electron chi connectivity index (χ4n) is 2.93. The number of carbonyl (C=O) groups is 1. The van der Waals surface area contributed by atoms with Crippen LogP contribution in [-0.4, -0.2) is 37.0 Å². The lowest BCUT2D eigenvalue weighted by Crippen LogP contribution is -2.40. The molecule has 0 aliphatic carbocycles. The van der Waals surface area contributed by atoms with E-state index < -0.39 is 0 Å². The molecule has 4 nitrogen and oxygen atoms in total. The van der Waals surface area contributed by atoms with Crippen LogP contribution in [-0.2, 0) is 0 Å². The summed E-state index contributed by atoms with van der Waals surface area (Å²) in [6.07, 6.45) is 2.14. The number of benzene rings is 1. The lowest BCUT2D eigenvalue weighted by Gasteiger charge is -2.31. The molecule has 1 aliphatic rings. The third-order valence-electron chi connectivity index (χ3n) is 4.22. The number of rotatable bonds is 4. The number of fused-ring (bicyclic) bond motifs is 1. The molecular formula is C17H23ClN2O2. The molecule has 5 heteroatoms. The summed E-state index contributed by atoms with van der Waals surface area (Å²) in [4.78, 5) is 14.4. The summed E-state index contributed by atoms with van der Waals surface area (Å²) < 4.78 is 5.67. The molecule has 0 bridgehead atoms. The average molecular weight is 323 g/mol. The predicted molar refractivity (Wildman–Crippen MR) is 90.6 cm³/mol. The number of carbonyl (C=O) groups excluding carboxylic acids is 1. The maximum atomic E-state index is 12.5. The number of nitrogens with one attached hydrogen (secondary N) is 1. The first-order valence-electron chi connectivity index (χ1n) is 7.76. The van der Waals surface area contributed by atoms with Crippen molar-refractivity contribution in [3.05, 3.63) is 36.1 Å². The Balaban J connectivity index is 0.00000176. The number of hydrogen-bond acceptors (Lipinski definition) is 3. The van der Waals surface area contributed by atoms with Gasteiger partial charge >= 0.3 is 0 Å². The van der Waals surface area contributed by atoms with Crippen molar-refractivity contribution in [2.24, 2.45) is 5.92 Å². The molecule has 0 unspecified atom stereocenters. The molecule has 1 N–H and O–H groups in total. The predicted octanol–water partition coefficient (Wildman–Crippen LogP) is 3.32. The number of para-hydroxylation sites is 1. The van der Waals surface area contributed by atoms with Crippen molar-refractivity contribution in [1.29, 1.82) is 0 Å². The smallest absolute Gasteiger partial charge is 0.289 e. The molecule has 1 fully saturated rings. The van der Waals surface area contributed by atoms with Crippen LogP contribution in [0.25, 0.3) is 11.0 Å². The normalized spacial score (nSPS) is 15.8. The summed E-state index contributed by atoms with van der Waals surface area (Å²) in [7, 11) is 0. The zero-order chi connectivity index (χ0) is 14.7. The van der Waals surface area contributed by atoms with Crippen molar-refractivity contribution in [1.82, 2.24) is 10.2 Å². The van der Waals surface area contributed by atoms with E-state index in [2.05, 4.69) is 12.2 Å². The summed E-state index contributed by atoms with van der Waals surface area (Å²) in [6.45, 7) is 5.85. The number of likely N-dealkylation sites (tertiary alicyclic amines) is 1. The van der Waals surface area contributed by atoms with Gasteiger partial charge in [-0.15, -0.1) is 12.4 Å². The van der Waals surface area contributed by atoms with Crippen LogP contribution in [0.15, 0.2) is 34.7 Å². The molecule has 1 aliphatic heterocycles. The van der Waals surface area contributed by atoms with Gasteiger partial charge in [-0.05, 0) is 44.0 Å². The highest BCUT2D eigenvalue weighted by molar-refractivity contribution is 5.96. The zero-order valence-corrected chi connectivity index (χ0v) is 13.7. The Morgan fingerprint density at radius 1 is 1.32 bits per heavy atom. The second-order valence-electron chi connectivity index (χ2n) is 5.69. The van der Waals surface area contributed by atoms with Crippen LogP contribution in [0.5, 0.6) is 0 Å². The van der Waals surface area contributed by atoms with E-state index in [0.29, 0.717) is 11.7 Å². The van der Waals surface area contributed by atoms with Crippen LogP contribution in [0.1, 0.15) is 30.3 Å².